The van der Waals surface area contributed by atoms with Crippen LogP contribution in [0.5, 0.6) is 5.75 Å². The first kappa shape index (κ1) is 22.9. The zero-order valence-electron chi connectivity index (χ0n) is 19.5. The van der Waals surface area contributed by atoms with Crippen LogP contribution in [0.3, 0.4) is 0 Å². The molecule has 0 bridgehead atoms. The lowest BCUT2D eigenvalue weighted by atomic mass is 10.0. The second-order valence-corrected chi connectivity index (χ2v) is 8.08. The van der Waals surface area contributed by atoms with Gasteiger partial charge in [0.25, 0.3) is 0 Å². The molecular formula is C30H22N2O4. The molecule has 36 heavy (non-hydrogen) atoms. The zero-order valence-corrected chi connectivity index (χ0v) is 19.5. The highest BCUT2D eigenvalue weighted by Crippen LogP contribution is 2.31. The zero-order chi connectivity index (χ0) is 24.9. The third kappa shape index (κ3) is 4.83. The number of nitrogens with zero attached hydrogens (tertiary/aromatic N) is 2. The molecule has 0 aliphatic carbocycles. The Labute approximate surface area is 208 Å². The molecule has 1 heterocycles. The van der Waals surface area contributed by atoms with Gasteiger partial charge < -0.3 is 9.47 Å². The molecule has 0 aliphatic heterocycles. The van der Waals surface area contributed by atoms with Gasteiger partial charge in [-0.3, -0.25) is 4.79 Å². The Balaban J connectivity index is 1.43. The normalized spacial score (nSPS) is 10.7. The van der Waals surface area contributed by atoms with E-state index in [-0.39, 0.29) is 12.4 Å². The van der Waals surface area contributed by atoms with Gasteiger partial charge in [-0.15, -0.1) is 0 Å². The van der Waals surface area contributed by atoms with Gasteiger partial charge in [0.2, 0.25) is 0 Å². The number of methoxy groups -OCH3 is 1. The first-order valence-electron chi connectivity index (χ1n) is 11.4. The number of carbonyl (C=O) groups is 2. The largest absolute Gasteiger partial charge is 0.497 e. The van der Waals surface area contributed by atoms with Gasteiger partial charge in [0.15, 0.2) is 12.4 Å². The number of aromatic nitrogens is 2. The lowest BCUT2D eigenvalue weighted by Gasteiger charge is -2.11. The van der Waals surface area contributed by atoms with Gasteiger partial charge in [-0.1, -0.05) is 60.7 Å². The van der Waals surface area contributed by atoms with Crippen LogP contribution in [0.2, 0.25) is 0 Å². The van der Waals surface area contributed by atoms with E-state index >= 15 is 0 Å². The Hall–Kier alpha value is -4.84. The van der Waals surface area contributed by atoms with Crippen LogP contribution < -0.4 is 4.74 Å². The smallest absolute Gasteiger partial charge is 0.338 e. The van der Waals surface area contributed by atoms with Crippen molar-refractivity contribution in [3.05, 3.63) is 114 Å². The number of fused-ring (bicyclic) bond motifs is 1. The topological polar surface area (TPSA) is 78.4 Å². The second-order valence-electron chi connectivity index (χ2n) is 8.08. The molecule has 6 heteroatoms. The highest BCUT2D eigenvalue weighted by Gasteiger charge is 2.16. The summed E-state index contributed by atoms with van der Waals surface area (Å²) >= 11 is 0. The number of ketones is 1. The second kappa shape index (κ2) is 10.2. The molecule has 4 aromatic carbocycles. The van der Waals surface area contributed by atoms with Crippen molar-refractivity contribution in [1.29, 1.82) is 0 Å². The van der Waals surface area contributed by atoms with E-state index in [1.807, 2.05) is 60.7 Å². The Kier molecular flexibility index (Phi) is 6.49. The van der Waals surface area contributed by atoms with Crippen LogP contribution in [0, 0.1) is 0 Å². The molecule has 6 nitrogen and oxygen atoms in total. The number of hydrogen-bond donors (Lipinski definition) is 0. The lowest BCUT2D eigenvalue weighted by molar-refractivity contribution is 0.0475. The van der Waals surface area contributed by atoms with Crippen molar-refractivity contribution < 1.29 is 19.1 Å². The fraction of sp³-hybridized carbons (Fsp3) is 0.0667. The monoisotopic (exact) mass is 474 g/mol. The molecule has 0 saturated heterocycles. The highest BCUT2D eigenvalue weighted by molar-refractivity contribution is 6.00. The van der Waals surface area contributed by atoms with Crippen molar-refractivity contribution in [2.75, 3.05) is 13.7 Å². The van der Waals surface area contributed by atoms with Gasteiger partial charge in [-0.2, -0.15) is 0 Å². The molecule has 0 atom stereocenters. The maximum atomic E-state index is 12.7. The summed E-state index contributed by atoms with van der Waals surface area (Å²) in [6.45, 7) is -0.364. The molecule has 0 fully saturated rings. The van der Waals surface area contributed by atoms with Gasteiger partial charge in [0.1, 0.15) is 5.75 Å². The van der Waals surface area contributed by atoms with Crippen molar-refractivity contribution in [1.82, 2.24) is 9.97 Å². The molecule has 0 saturated carbocycles. The maximum Gasteiger partial charge on any atom is 0.338 e. The van der Waals surface area contributed by atoms with Crippen molar-refractivity contribution in [2.24, 2.45) is 0 Å². The van der Waals surface area contributed by atoms with Gasteiger partial charge in [-0.05, 0) is 42.5 Å². The predicted molar refractivity (Wildman–Crippen MR) is 138 cm³/mol. The summed E-state index contributed by atoms with van der Waals surface area (Å²) in [5.74, 6) is -0.259. The van der Waals surface area contributed by atoms with Crippen LogP contribution in [-0.4, -0.2) is 35.4 Å². The minimum absolute atomic E-state index is 0.297. The number of carbonyl (C=O) groups excluding carboxylic acids is 2. The van der Waals surface area contributed by atoms with Crippen LogP contribution in [0.4, 0.5) is 0 Å². The summed E-state index contributed by atoms with van der Waals surface area (Å²) in [5, 5.41) is 0. The number of benzene rings is 4. The first-order valence-corrected chi connectivity index (χ1v) is 11.4. The van der Waals surface area contributed by atoms with E-state index in [4.69, 9.17) is 19.4 Å². The molecule has 0 unspecified atom stereocenters. The SMILES string of the molecule is COc1ccc(C(=O)COC(=O)c2ccc3nc(-c4ccccc4)c(-c4ccccc4)nc3c2)cc1. The predicted octanol–water partition coefficient (Wildman–Crippen LogP) is 6.01. The average Bonchev–Trinajstić information content (AvgIpc) is 2.95. The van der Waals surface area contributed by atoms with Gasteiger partial charge in [0.05, 0.1) is 35.1 Å². The highest BCUT2D eigenvalue weighted by atomic mass is 16.5. The number of rotatable bonds is 7. The van der Waals surface area contributed by atoms with E-state index in [0.717, 1.165) is 22.5 Å². The molecule has 0 amide bonds. The van der Waals surface area contributed by atoms with E-state index in [1.165, 1.54) is 0 Å². The molecule has 0 aliphatic rings. The van der Waals surface area contributed by atoms with E-state index in [0.29, 0.717) is 27.9 Å². The van der Waals surface area contributed by atoms with Crippen LogP contribution in [0.1, 0.15) is 20.7 Å². The summed E-state index contributed by atoms with van der Waals surface area (Å²) in [6.07, 6.45) is 0. The van der Waals surface area contributed by atoms with E-state index in [9.17, 15) is 9.59 Å². The van der Waals surface area contributed by atoms with Crippen molar-refractivity contribution in [3.63, 3.8) is 0 Å². The molecule has 1 aromatic heterocycles. The Morgan fingerprint density at radius 2 is 1.22 bits per heavy atom. The molecule has 176 valence electrons. The summed E-state index contributed by atoms with van der Waals surface area (Å²) in [4.78, 5) is 34.9. The molecular weight excluding hydrogens is 452 g/mol. The van der Waals surface area contributed by atoms with E-state index in [2.05, 4.69) is 0 Å². The minimum Gasteiger partial charge on any atom is -0.497 e. The van der Waals surface area contributed by atoms with Gasteiger partial charge in [0, 0.05) is 16.7 Å². The van der Waals surface area contributed by atoms with Crippen LogP contribution in [0.25, 0.3) is 33.5 Å². The van der Waals surface area contributed by atoms with Crippen LogP contribution in [-0.2, 0) is 4.74 Å². The molecule has 0 N–H and O–H groups in total. The fourth-order valence-corrected chi connectivity index (χ4v) is 3.85. The van der Waals surface area contributed by atoms with Crippen molar-refractivity contribution in [2.45, 2.75) is 0 Å². The van der Waals surface area contributed by atoms with Gasteiger partial charge in [-0.25, -0.2) is 14.8 Å². The lowest BCUT2D eigenvalue weighted by Crippen LogP contribution is -2.14. The Morgan fingerprint density at radius 1 is 0.667 bits per heavy atom. The molecule has 0 spiro atoms. The quantitative estimate of drug-likeness (QED) is 0.212. The standard InChI is InChI=1S/C30H22N2O4/c1-35-24-15-12-20(13-16-24)27(33)19-36-30(34)23-14-17-25-26(18-23)32-29(22-10-6-3-7-11-22)28(31-25)21-8-4-2-5-9-21/h2-18H,19H2,1H3. The Morgan fingerprint density at radius 3 is 1.81 bits per heavy atom. The summed E-state index contributed by atoms with van der Waals surface area (Å²) in [7, 11) is 1.55. The van der Waals surface area contributed by atoms with Crippen molar-refractivity contribution in [3.8, 4) is 28.3 Å². The Bertz CT molecular complexity index is 1530. The third-order valence-corrected chi connectivity index (χ3v) is 5.74. The summed E-state index contributed by atoms with van der Waals surface area (Å²) in [5.41, 5.74) is 5.29. The number of ether oxygens (including phenoxy) is 2. The molecule has 5 aromatic rings. The molecule has 5 rings (SSSR count). The number of esters is 1. The first-order chi connectivity index (χ1) is 17.6. The third-order valence-electron chi connectivity index (χ3n) is 5.74. The van der Waals surface area contributed by atoms with E-state index < -0.39 is 5.97 Å². The van der Waals surface area contributed by atoms with Crippen molar-refractivity contribution >= 4 is 22.8 Å². The minimum atomic E-state index is -0.603. The summed E-state index contributed by atoms with van der Waals surface area (Å²) in [6, 6.07) is 31.3. The number of Topliss-reactive ketones (excluding diaryl/α,β-unsaturated/α-hetero) is 1. The number of hydrogen-bond acceptors (Lipinski definition) is 6. The average molecular weight is 475 g/mol. The fourth-order valence-electron chi connectivity index (χ4n) is 3.85. The maximum absolute atomic E-state index is 12.7. The van der Waals surface area contributed by atoms with E-state index in [1.54, 1.807) is 49.6 Å². The van der Waals surface area contributed by atoms with Crippen LogP contribution in [0.15, 0.2) is 103 Å². The van der Waals surface area contributed by atoms with Gasteiger partial charge >= 0.3 is 5.97 Å². The van der Waals surface area contributed by atoms with Crippen LogP contribution >= 0.6 is 0 Å². The molecule has 0 radical (unpaired) electrons. The summed E-state index contributed by atoms with van der Waals surface area (Å²) < 4.78 is 10.4.